The zero-order valence-electron chi connectivity index (χ0n) is 12.1. The van der Waals surface area contributed by atoms with Crippen molar-refractivity contribution in [2.75, 3.05) is 0 Å². The molecule has 134 valence electrons. The molecule has 1 atom stereocenters. The number of amides is 1. The van der Waals surface area contributed by atoms with Gasteiger partial charge in [-0.3, -0.25) is 14.9 Å². The predicted octanol–water partition coefficient (Wildman–Crippen LogP) is 2.51. The van der Waals surface area contributed by atoms with Crippen molar-refractivity contribution >= 4 is 44.4 Å². The maximum absolute atomic E-state index is 12.3. The van der Waals surface area contributed by atoms with Crippen molar-refractivity contribution in [3.63, 3.8) is 0 Å². The Kier molecular flexibility index (Phi) is 5.02. The van der Waals surface area contributed by atoms with Gasteiger partial charge >= 0.3 is 18.1 Å². The molecule has 0 bridgehead atoms. The molecule has 12 heteroatoms. The fraction of sp³-hybridized carbons (Fsp3) is 0.231. The molecule has 1 aromatic carbocycles. The Morgan fingerprint density at radius 2 is 2.04 bits per heavy atom. The van der Waals surface area contributed by atoms with Gasteiger partial charge in [0.2, 0.25) is 0 Å². The molecule has 0 saturated heterocycles. The Labute approximate surface area is 145 Å². The number of alkyl halides is 3. The molecule has 1 aromatic heterocycles. The lowest BCUT2D eigenvalue weighted by Crippen LogP contribution is -2.47. The van der Waals surface area contributed by atoms with E-state index in [-0.39, 0.29) is 15.9 Å². The van der Waals surface area contributed by atoms with Crippen LogP contribution in [0.4, 0.5) is 18.9 Å². The minimum atomic E-state index is -5.22. The average Bonchev–Trinajstić information content (AvgIpc) is 2.80. The van der Waals surface area contributed by atoms with Gasteiger partial charge in [0.05, 0.1) is 15.0 Å². The molecule has 0 saturated carbocycles. The first kappa shape index (κ1) is 18.7. The van der Waals surface area contributed by atoms with Gasteiger partial charge in [-0.1, -0.05) is 0 Å². The van der Waals surface area contributed by atoms with E-state index in [0.29, 0.717) is 10.9 Å². The lowest BCUT2D eigenvalue weighted by Gasteiger charge is -2.15. The molecule has 2 rings (SSSR count). The van der Waals surface area contributed by atoms with E-state index in [9.17, 15) is 32.9 Å². The molecule has 0 fully saturated rings. The van der Waals surface area contributed by atoms with Gasteiger partial charge in [-0.15, -0.1) is 0 Å². The first-order valence-electron chi connectivity index (χ1n) is 6.55. The monoisotopic (exact) mass is 423 g/mol. The summed E-state index contributed by atoms with van der Waals surface area (Å²) in [5, 5.41) is 21.6. The highest BCUT2D eigenvalue weighted by atomic mass is 79.9. The number of aromatic nitrogens is 1. The highest BCUT2D eigenvalue weighted by molar-refractivity contribution is 9.10. The smallest absolute Gasteiger partial charge is 0.471 e. The van der Waals surface area contributed by atoms with Crippen molar-refractivity contribution in [1.29, 1.82) is 0 Å². The number of nitrogens with one attached hydrogen (secondary N) is 2. The number of carbonyl (C=O) groups is 2. The molecule has 0 aliphatic heterocycles. The Bertz CT molecular complexity index is 864. The number of non-ortho nitro benzene ring substituents is 1. The minimum Gasteiger partial charge on any atom is -0.480 e. The first-order chi connectivity index (χ1) is 11.5. The van der Waals surface area contributed by atoms with Gasteiger partial charge in [0.1, 0.15) is 6.04 Å². The number of hydrogen-bond acceptors (Lipinski definition) is 4. The van der Waals surface area contributed by atoms with Crippen LogP contribution in [0, 0.1) is 10.1 Å². The van der Waals surface area contributed by atoms with E-state index >= 15 is 0 Å². The second-order valence-corrected chi connectivity index (χ2v) is 5.76. The highest BCUT2D eigenvalue weighted by Gasteiger charge is 2.41. The summed E-state index contributed by atoms with van der Waals surface area (Å²) in [5.74, 6) is -4.02. The van der Waals surface area contributed by atoms with Crippen LogP contribution in [-0.4, -0.2) is 39.1 Å². The van der Waals surface area contributed by atoms with Crippen molar-refractivity contribution in [3.05, 3.63) is 38.5 Å². The number of rotatable bonds is 5. The summed E-state index contributed by atoms with van der Waals surface area (Å²) >= 11 is 3.10. The van der Waals surface area contributed by atoms with Crippen LogP contribution in [0.25, 0.3) is 10.9 Å². The first-order valence-corrected chi connectivity index (χ1v) is 7.35. The third-order valence-electron chi connectivity index (χ3n) is 3.32. The van der Waals surface area contributed by atoms with Crippen LogP contribution < -0.4 is 5.32 Å². The van der Waals surface area contributed by atoms with Crippen LogP contribution in [0.1, 0.15) is 5.56 Å². The molecule has 0 aliphatic rings. The standard InChI is InChI=1S/C13H9BrF3N3O5/c14-10-7(4-9(11(21)22)19-12(23)13(15,16)17)6-2-1-5(20(24)25)3-8(6)18-10/h1-3,9,18H,4H2,(H,19,23)(H,21,22). The summed E-state index contributed by atoms with van der Waals surface area (Å²) in [5.41, 5.74) is 0.343. The summed E-state index contributed by atoms with van der Waals surface area (Å²) in [4.78, 5) is 35.0. The van der Waals surface area contributed by atoms with Crippen LogP contribution in [0.5, 0.6) is 0 Å². The number of aliphatic carboxylic acids is 1. The van der Waals surface area contributed by atoms with Crippen molar-refractivity contribution in [3.8, 4) is 0 Å². The molecule has 2 aromatic rings. The number of nitro groups is 1. The number of halogens is 4. The van der Waals surface area contributed by atoms with Gasteiger partial charge in [0.25, 0.3) is 5.69 Å². The van der Waals surface area contributed by atoms with Crippen molar-refractivity contribution in [2.45, 2.75) is 18.6 Å². The fourth-order valence-corrected chi connectivity index (χ4v) is 2.76. The maximum Gasteiger partial charge on any atom is 0.471 e. The topological polar surface area (TPSA) is 125 Å². The zero-order chi connectivity index (χ0) is 18.9. The molecule has 8 nitrogen and oxygen atoms in total. The zero-order valence-corrected chi connectivity index (χ0v) is 13.6. The normalized spacial score (nSPS) is 12.8. The van der Waals surface area contributed by atoms with Crippen LogP contribution in [0.2, 0.25) is 0 Å². The Morgan fingerprint density at radius 3 is 2.56 bits per heavy atom. The van der Waals surface area contributed by atoms with Gasteiger partial charge < -0.3 is 15.4 Å². The SMILES string of the molecule is O=C(O)C(Cc1c(Br)[nH]c2cc([N+](=O)[O-])ccc12)NC(=O)C(F)(F)F. The van der Waals surface area contributed by atoms with Crippen molar-refractivity contribution in [2.24, 2.45) is 0 Å². The lowest BCUT2D eigenvalue weighted by atomic mass is 10.0. The molecule has 1 amide bonds. The van der Waals surface area contributed by atoms with Gasteiger partial charge in [0.15, 0.2) is 0 Å². The number of aromatic amines is 1. The number of carbonyl (C=O) groups excluding carboxylic acids is 1. The Hall–Kier alpha value is -2.63. The van der Waals surface area contributed by atoms with Gasteiger partial charge in [-0.25, -0.2) is 4.79 Å². The number of fused-ring (bicyclic) bond motifs is 1. The van der Waals surface area contributed by atoms with E-state index in [1.54, 1.807) is 0 Å². The van der Waals surface area contributed by atoms with Gasteiger partial charge in [-0.05, 0) is 27.6 Å². The molecular weight excluding hydrogens is 415 g/mol. The summed E-state index contributed by atoms with van der Waals surface area (Å²) < 4.78 is 37.2. The second kappa shape index (κ2) is 6.70. The quantitative estimate of drug-likeness (QED) is 0.503. The summed E-state index contributed by atoms with van der Waals surface area (Å²) in [6.07, 6.45) is -5.68. The number of carboxylic acids is 1. The number of hydrogen-bond donors (Lipinski definition) is 3. The third-order valence-corrected chi connectivity index (χ3v) is 3.99. The molecule has 1 heterocycles. The van der Waals surface area contributed by atoms with Gasteiger partial charge in [-0.2, -0.15) is 13.2 Å². The van der Waals surface area contributed by atoms with E-state index in [2.05, 4.69) is 20.9 Å². The van der Waals surface area contributed by atoms with E-state index in [1.807, 2.05) is 0 Å². The molecule has 0 radical (unpaired) electrons. The third kappa shape index (κ3) is 4.07. The lowest BCUT2D eigenvalue weighted by molar-refractivity contribution is -0.384. The van der Waals surface area contributed by atoms with Crippen LogP contribution >= 0.6 is 15.9 Å². The van der Waals surface area contributed by atoms with Crippen LogP contribution in [0.15, 0.2) is 22.8 Å². The van der Waals surface area contributed by atoms with E-state index < -0.39 is 35.4 Å². The summed E-state index contributed by atoms with van der Waals surface area (Å²) in [6.45, 7) is 0. The highest BCUT2D eigenvalue weighted by Crippen LogP contribution is 2.30. The van der Waals surface area contributed by atoms with Gasteiger partial charge in [0, 0.05) is 23.9 Å². The Morgan fingerprint density at radius 1 is 1.40 bits per heavy atom. The van der Waals surface area contributed by atoms with E-state index in [1.165, 1.54) is 23.5 Å². The molecule has 3 N–H and O–H groups in total. The Balaban J connectivity index is 2.36. The molecule has 0 aliphatic carbocycles. The summed E-state index contributed by atoms with van der Waals surface area (Å²) in [7, 11) is 0. The number of carboxylic acid groups (broad SMARTS) is 1. The minimum absolute atomic E-state index is 0.215. The maximum atomic E-state index is 12.3. The number of nitrogens with zero attached hydrogens (tertiary/aromatic N) is 1. The van der Waals surface area contributed by atoms with E-state index in [4.69, 9.17) is 5.11 Å². The number of benzene rings is 1. The van der Waals surface area contributed by atoms with E-state index in [0.717, 1.165) is 0 Å². The van der Waals surface area contributed by atoms with Crippen molar-refractivity contribution in [1.82, 2.24) is 10.3 Å². The molecular formula is C13H9BrF3N3O5. The van der Waals surface area contributed by atoms with Crippen LogP contribution in [-0.2, 0) is 16.0 Å². The molecule has 25 heavy (non-hydrogen) atoms. The largest absolute Gasteiger partial charge is 0.480 e. The van der Waals surface area contributed by atoms with Crippen LogP contribution in [0.3, 0.4) is 0 Å². The second-order valence-electron chi connectivity index (χ2n) is 4.97. The number of H-pyrrole nitrogens is 1. The fourth-order valence-electron chi connectivity index (χ4n) is 2.17. The summed E-state index contributed by atoms with van der Waals surface area (Å²) in [6, 6.07) is 1.89. The molecule has 1 unspecified atom stereocenters. The van der Waals surface area contributed by atoms with Crippen molar-refractivity contribution < 1.29 is 32.8 Å². The number of nitro benzene ring substituents is 1. The molecule has 0 spiro atoms. The predicted molar refractivity (Wildman–Crippen MR) is 82.0 cm³/mol. The average molecular weight is 424 g/mol.